The minimum atomic E-state index is -0.579. The number of methoxy groups -OCH3 is 1. The number of nitrogens with zero attached hydrogens (tertiary/aromatic N) is 4. The molecule has 3 rings (SSSR count). The van der Waals surface area contributed by atoms with E-state index in [0.717, 1.165) is 20.4 Å². The van der Waals surface area contributed by atoms with Gasteiger partial charge in [0.2, 0.25) is 5.88 Å². The highest BCUT2D eigenvalue weighted by molar-refractivity contribution is 6.03. The number of rotatable bonds is 3. The number of benzene rings is 1. The van der Waals surface area contributed by atoms with Crippen molar-refractivity contribution in [3.63, 3.8) is 0 Å². The molecule has 0 radical (unpaired) electrons. The first-order valence-corrected chi connectivity index (χ1v) is 7.78. The Labute approximate surface area is 144 Å². The molecule has 8 nitrogen and oxygen atoms in total. The average molecular weight is 344 g/mol. The third kappa shape index (κ3) is 2.69. The molecule has 0 amide bonds. The van der Waals surface area contributed by atoms with Crippen molar-refractivity contribution in [2.24, 2.45) is 19.2 Å². The minimum Gasteiger partial charge on any atom is -0.497 e. The van der Waals surface area contributed by atoms with Crippen molar-refractivity contribution in [3.8, 4) is 11.6 Å². The molecule has 132 valence electrons. The van der Waals surface area contributed by atoms with Gasteiger partial charge in [-0.3, -0.25) is 18.9 Å². The van der Waals surface area contributed by atoms with Gasteiger partial charge in [-0.05, 0) is 17.7 Å². The predicted molar refractivity (Wildman–Crippen MR) is 93.2 cm³/mol. The molecule has 1 atom stereocenters. The molecule has 1 aliphatic heterocycles. The SMILES string of the molecule is COc1ccc([C@H]2CC(c3c(O)n(C)c(=O)n(C)c3=O)=NN2C)cc1. The van der Waals surface area contributed by atoms with E-state index >= 15 is 0 Å². The second-order valence-electron chi connectivity index (χ2n) is 6.02. The summed E-state index contributed by atoms with van der Waals surface area (Å²) in [5.41, 5.74) is 0.403. The van der Waals surface area contributed by atoms with E-state index in [1.807, 2.05) is 31.3 Å². The molecule has 0 saturated heterocycles. The lowest BCUT2D eigenvalue weighted by Gasteiger charge is -2.19. The lowest BCUT2D eigenvalue weighted by molar-refractivity contribution is 0.289. The van der Waals surface area contributed by atoms with Gasteiger partial charge < -0.3 is 9.84 Å². The summed E-state index contributed by atoms with van der Waals surface area (Å²) in [6, 6.07) is 7.55. The zero-order chi connectivity index (χ0) is 18.3. The lowest BCUT2D eigenvalue weighted by Crippen LogP contribution is -2.39. The second-order valence-corrected chi connectivity index (χ2v) is 6.02. The molecule has 0 fully saturated rings. The summed E-state index contributed by atoms with van der Waals surface area (Å²) in [7, 11) is 6.22. The van der Waals surface area contributed by atoms with Gasteiger partial charge in [0.15, 0.2) is 0 Å². The molecule has 0 aliphatic carbocycles. The van der Waals surface area contributed by atoms with Crippen LogP contribution in [0.25, 0.3) is 0 Å². The summed E-state index contributed by atoms with van der Waals surface area (Å²) in [4.78, 5) is 24.3. The van der Waals surface area contributed by atoms with Crippen LogP contribution in [0.4, 0.5) is 0 Å². The summed E-state index contributed by atoms with van der Waals surface area (Å²) in [5.74, 6) is 0.394. The molecule has 1 aliphatic rings. The summed E-state index contributed by atoms with van der Waals surface area (Å²) in [6.45, 7) is 0. The van der Waals surface area contributed by atoms with E-state index in [1.165, 1.54) is 14.1 Å². The summed E-state index contributed by atoms with van der Waals surface area (Å²) in [6.07, 6.45) is 0.448. The van der Waals surface area contributed by atoms with Crippen molar-refractivity contribution in [1.82, 2.24) is 14.1 Å². The molecule has 2 aromatic rings. The molecule has 0 spiro atoms. The molecule has 25 heavy (non-hydrogen) atoms. The third-order valence-electron chi connectivity index (χ3n) is 4.54. The Morgan fingerprint density at radius 1 is 1.12 bits per heavy atom. The lowest BCUT2D eigenvalue weighted by atomic mass is 9.99. The quantitative estimate of drug-likeness (QED) is 0.880. The molecule has 0 saturated carbocycles. The Kier molecular flexibility index (Phi) is 4.12. The van der Waals surface area contributed by atoms with Gasteiger partial charge in [-0.15, -0.1) is 0 Å². The highest BCUT2D eigenvalue weighted by Crippen LogP contribution is 2.32. The average Bonchev–Trinajstić information content (AvgIpc) is 3.00. The van der Waals surface area contributed by atoms with Crippen molar-refractivity contribution in [2.75, 3.05) is 14.2 Å². The zero-order valence-corrected chi connectivity index (χ0v) is 14.6. The topological polar surface area (TPSA) is 89.1 Å². The molecular formula is C17H20N4O4. The fraction of sp³-hybridized carbons (Fsp3) is 0.353. The molecule has 8 heteroatoms. The van der Waals surface area contributed by atoms with Crippen LogP contribution in [-0.4, -0.2) is 39.1 Å². The fourth-order valence-electron chi connectivity index (χ4n) is 3.01. The molecule has 1 aromatic carbocycles. The van der Waals surface area contributed by atoms with Gasteiger partial charge in [0.05, 0.1) is 18.9 Å². The number of ether oxygens (including phenoxy) is 1. The molecule has 2 heterocycles. The molecular weight excluding hydrogens is 324 g/mol. The van der Waals surface area contributed by atoms with Crippen LogP contribution < -0.4 is 16.0 Å². The van der Waals surface area contributed by atoms with E-state index < -0.39 is 11.2 Å². The molecule has 0 bridgehead atoms. The Balaban J connectivity index is 2.00. The van der Waals surface area contributed by atoms with Crippen LogP contribution in [0.2, 0.25) is 0 Å². The van der Waals surface area contributed by atoms with Crippen molar-refractivity contribution in [1.29, 1.82) is 0 Å². The van der Waals surface area contributed by atoms with Crippen molar-refractivity contribution < 1.29 is 9.84 Å². The smallest absolute Gasteiger partial charge is 0.333 e. The summed E-state index contributed by atoms with van der Waals surface area (Å²) < 4.78 is 7.18. The monoisotopic (exact) mass is 344 g/mol. The van der Waals surface area contributed by atoms with E-state index in [1.54, 1.807) is 12.1 Å². The van der Waals surface area contributed by atoms with Crippen LogP contribution >= 0.6 is 0 Å². The standard InChI is InChI=1S/C17H20N4O4/c1-19-15(22)14(16(23)20(2)17(19)24)12-9-13(21(3)18-12)10-5-7-11(25-4)8-6-10/h5-8,13,22H,9H2,1-4H3/t13-/m1/s1. The van der Waals surface area contributed by atoms with Crippen molar-refractivity contribution in [2.45, 2.75) is 12.5 Å². The van der Waals surface area contributed by atoms with Gasteiger partial charge in [0.25, 0.3) is 5.56 Å². The van der Waals surface area contributed by atoms with Crippen LogP contribution in [-0.2, 0) is 14.1 Å². The van der Waals surface area contributed by atoms with Crippen LogP contribution in [0.1, 0.15) is 23.6 Å². The Morgan fingerprint density at radius 2 is 1.76 bits per heavy atom. The molecule has 1 aromatic heterocycles. The highest BCUT2D eigenvalue weighted by atomic mass is 16.5. The number of aromatic hydroxyl groups is 1. The number of hydrazone groups is 1. The minimum absolute atomic E-state index is 0.0625. The van der Waals surface area contributed by atoms with Crippen molar-refractivity contribution >= 4 is 5.71 Å². The Morgan fingerprint density at radius 3 is 2.36 bits per heavy atom. The number of hydrogen-bond donors (Lipinski definition) is 1. The maximum Gasteiger partial charge on any atom is 0.333 e. The van der Waals surface area contributed by atoms with Crippen molar-refractivity contribution in [3.05, 3.63) is 56.2 Å². The molecule has 1 N–H and O–H groups in total. The van der Waals surface area contributed by atoms with E-state index in [0.29, 0.717) is 12.1 Å². The zero-order valence-electron chi connectivity index (χ0n) is 14.6. The van der Waals surface area contributed by atoms with E-state index in [4.69, 9.17) is 4.74 Å². The van der Waals surface area contributed by atoms with Crippen LogP contribution in [0.5, 0.6) is 11.6 Å². The van der Waals surface area contributed by atoms with E-state index in [2.05, 4.69) is 5.10 Å². The van der Waals surface area contributed by atoms with Gasteiger partial charge in [0, 0.05) is 27.6 Å². The Bertz CT molecular complexity index is 956. The van der Waals surface area contributed by atoms with Crippen LogP contribution in [0, 0.1) is 0 Å². The highest BCUT2D eigenvalue weighted by Gasteiger charge is 2.30. The van der Waals surface area contributed by atoms with Gasteiger partial charge in [-0.1, -0.05) is 12.1 Å². The largest absolute Gasteiger partial charge is 0.497 e. The maximum atomic E-state index is 12.5. The molecule has 0 unspecified atom stereocenters. The van der Waals surface area contributed by atoms with Gasteiger partial charge in [-0.2, -0.15) is 5.10 Å². The first-order chi connectivity index (χ1) is 11.8. The first-order valence-electron chi connectivity index (χ1n) is 7.78. The van der Waals surface area contributed by atoms with Gasteiger partial charge in [-0.25, -0.2) is 4.79 Å². The van der Waals surface area contributed by atoms with Crippen LogP contribution in [0.15, 0.2) is 39.0 Å². The van der Waals surface area contributed by atoms with Gasteiger partial charge >= 0.3 is 5.69 Å². The second kappa shape index (κ2) is 6.12. The van der Waals surface area contributed by atoms with Crippen LogP contribution in [0.3, 0.4) is 0 Å². The van der Waals surface area contributed by atoms with E-state index in [-0.39, 0.29) is 17.5 Å². The summed E-state index contributed by atoms with van der Waals surface area (Å²) >= 11 is 0. The number of aromatic nitrogens is 2. The third-order valence-corrected chi connectivity index (χ3v) is 4.54. The van der Waals surface area contributed by atoms with E-state index in [9.17, 15) is 14.7 Å². The maximum absolute atomic E-state index is 12.5. The first kappa shape index (κ1) is 16.8. The normalized spacial score (nSPS) is 16.9. The number of hydrogen-bond acceptors (Lipinski definition) is 6. The fourth-order valence-corrected chi connectivity index (χ4v) is 3.01. The van der Waals surface area contributed by atoms with Gasteiger partial charge in [0.1, 0.15) is 11.3 Å². The summed E-state index contributed by atoms with van der Waals surface area (Å²) in [5, 5.41) is 16.5. The Hall–Kier alpha value is -3.03. The predicted octanol–water partition coefficient (Wildman–Crippen LogP) is 0.579.